The van der Waals surface area contributed by atoms with E-state index in [-0.39, 0.29) is 17.8 Å². The minimum Gasteiger partial charge on any atom is -0.341 e. The van der Waals surface area contributed by atoms with Crippen LogP contribution in [-0.2, 0) is 4.79 Å². The maximum absolute atomic E-state index is 12.9. The van der Waals surface area contributed by atoms with Crippen molar-refractivity contribution >= 4 is 5.91 Å². The molecule has 2 fully saturated rings. The second-order valence-electron chi connectivity index (χ2n) is 5.48. The Balaban J connectivity index is 1.63. The fourth-order valence-corrected chi connectivity index (χ4v) is 3.07. The summed E-state index contributed by atoms with van der Waals surface area (Å²) in [6, 6.07) is 6.57. The molecule has 0 saturated carbocycles. The predicted molar refractivity (Wildman–Crippen MR) is 71.4 cm³/mol. The Hall–Kier alpha value is -1.42. The van der Waals surface area contributed by atoms with Crippen LogP contribution in [0, 0.1) is 5.82 Å². The van der Waals surface area contributed by atoms with Gasteiger partial charge in [0.15, 0.2) is 0 Å². The van der Waals surface area contributed by atoms with Crippen molar-refractivity contribution in [2.24, 2.45) is 0 Å². The smallest absolute Gasteiger partial charge is 0.239 e. The van der Waals surface area contributed by atoms with E-state index in [0.717, 1.165) is 44.5 Å². The predicted octanol–water partition coefficient (Wildman–Crippen LogP) is 1.89. The molecule has 1 aromatic rings. The molecule has 0 bridgehead atoms. The molecule has 2 aliphatic rings. The fraction of sp³-hybridized carbons (Fsp3) is 0.533. The van der Waals surface area contributed by atoms with Crippen molar-refractivity contribution in [3.63, 3.8) is 0 Å². The first kappa shape index (κ1) is 12.6. The van der Waals surface area contributed by atoms with Gasteiger partial charge in [-0.1, -0.05) is 12.1 Å². The highest BCUT2D eigenvalue weighted by molar-refractivity contribution is 5.82. The normalized spacial score (nSPS) is 26.9. The van der Waals surface area contributed by atoms with Crippen molar-refractivity contribution < 1.29 is 9.18 Å². The molecule has 4 heteroatoms. The van der Waals surface area contributed by atoms with Crippen LogP contribution in [0.5, 0.6) is 0 Å². The van der Waals surface area contributed by atoms with Crippen molar-refractivity contribution in [1.82, 2.24) is 10.2 Å². The lowest BCUT2D eigenvalue weighted by molar-refractivity contribution is -0.132. The average molecular weight is 262 g/mol. The van der Waals surface area contributed by atoms with Crippen LogP contribution in [0.25, 0.3) is 0 Å². The molecule has 19 heavy (non-hydrogen) atoms. The van der Waals surface area contributed by atoms with E-state index >= 15 is 0 Å². The van der Waals surface area contributed by atoms with Gasteiger partial charge in [0.2, 0.25) is 5.91 Å². The second-order valence-corrected chi connectivity index (χ2v) is 5.48. The number of carbonyl (C=O) groups is 1. The van der Waals surface area contributed by atoms with Crippen molar-refractivity contribution in [2.45, 2.75) is 31.2 Å². The van der Waals surface area contributed by atoms with Gasteiger partial charge in [0.1, 0.15) is 5.82 Å². The molecule has 2 saturated heterocycles. The summed E-state index contributed by atoms with van der Waals surface area (Å²) in [5.41, 5.74) is 1.12. The Morgan fingerprint density at radius 2 is 1.89 bits per heavy atom. The zero-order valence-corrected chi connectivity index (χ0v) is 10.9. The number of nitrogens with zero attached hydrogens (tertiary/aromatic N) is 1. The number of nitrogens with one attached hydrogen (secondary N) is 1. The van der Waals surface area contributed by atoms with Crippen LogP contribution < -0.4 is 5.32 Å². The molecule has 102 valence electrons. The van der Waals surface area contributed by atoms with Gasteiger partial charge in [-0.25, -0.2) is 4.39 Å². The highest BCUT2D eigenvalue weighted by Crippen LogP contribution is 2.27. The Bertz CT molecular complexity index is 454. The van der Waals surface area contributed by atoms with Crippen molar-refractivity contribution in [1.29, 1.82) is 0 Å². The second kappa shape index (κ2) is 5.29. The van der Waals surface area contributed by atoms with E-state index in [4.69, 9.17) is 0 Å². The van der Waals surface area contributed by atoms with E-state index in [1.165, 1.54) is 12.1 Å². The SMILES string of the molecule is O=C([C@@H]1CC(c2ccc(F)cc2)CN1)N1CCCC1. The van der Waals surface area contributed by atoms with E-state index in [2.05, 4.69) is 5.32 Å². The van der Waals surface area contributed by atoms with Crippen LogP contribution in [0.15, 0.2) is 24.3 Å². The average Bonchev–Trinajstić information content (AvgIpc) is 3.10. The zero-order chi connectivity index (χ0) is 13.2. The first-order chi connectivity index (χ1) is 9.24. The van der Waals surface area contributed by atoms with Gasteiger partial charge in [0.25, 0.3) is 0 Å². The van der Waals surface area contributed by atoms with Gasteiger partial charge in [-0.3, -0.25) is 4.79 Å². The van der Waals surface area contributed by atoms with Gasteiger partial charge in [-0.15, -0.1) is 0 Å². The fourth-order valence-electron chi connectivity index (χ4n) is 3.07. The Morgan fingerprint density at radius 3 is 2.58 bits per heavy atom. The largest absolute Gasteiger partial charge is 0.341 e. The Kier molecular flexibility index (Phi) is 3.51. The van der Waals surface area contributed by atoms with Crippen LogP contribution in [0.3, 0.4) is 0 Å². The summed E-state index contributed by atoms with van der Waals surface area (Å²) in [4.78, 5) is 14.2. The van der Waals surface area contributed by atoms with E-state index in [1.54, 1.807) is 0 Å². The van der Waals surface area contributed by atoms with E-state index < -0.39 is 0 Å². The molecule has 1 amide bonds. The highest BCUT2D eigenvalue weighted by Gasteiger charge is 2.33. The highest BCUT2D eigenvalue weighted by atomic mass is 19.1. The van der Waals surface area contributed by atoms with E-state index in [1.807, 2.05) is 17.0 Å². The van der Waals surface area contributed by atoms with Gasteiger partial charge in [0, 0.05) is 19.6 Å². The number of amides is 1. The van der Waals surface area contributed by atoms with E-state index in [9.17, 15) is 9.18 Å². The van der Waals surface area contributed by atoms with Gasteiger partial charge >= 0.3 is 0 Å². The van der Waals surface area contributed by atoms with Gasteiger partial charge in [-0.2, -0.15) is 0 Å². The molecule has 0 spiro atoms. The molecule has 3 rings (SSSR count). The quantitative estimate of drug-likeness (QED) is 0.883. The third kappa shape index (κ3) is 2.63. The van der Waals surface area contributed by atoms with Gasteiger partial charge in [0.05, 0.1) is 6.04 Å². The summed E-state index contributed by atoms with van der Waals surface area (Å²) < 4.78 is 12.9. The maximum Gasteiger partial charge on any atom is 0.239 e. The molecule has 0 radical (unpaired) electrons. The Labute approximate surface area is 112 Å². The summed E-state index contributed by atoms with van der Waals surface area (Å²) in [6.07, 6.45) is 3.07. The number of likely N-dealkylation sites (tertiary alicyclic amines) is 1. The number of carbonyl (C=O) groups excluding carboxylic acids is 1. The van der Waals surface area contributed by atoms with E-state index in [0.29, 0.717) is 5.92 Å². The summed E-state index contributed by atoms with van der Waals surface area (Å²) in [5, 5.41) is 3.31. The molecule has 1 unspecified atom stereocenters. The molecule has 1 aromatic carbocycles. The van der Waals surface area contributed by atoms with Crippen molar-refractivity contribution in [3.05, 3.63) is 35.6 Å². The lowest BCUT2D eigenvalue weighted by Gasteiger charge is -2.19. The molecule has 3 nitrogen and oxygen atoms in total. The number of rotatable bonds is 2. The molecule has 0 aliphatic carbocycles. The standard InChI is InChI=1S/C15H19FN2O/c16-13-5-3-11(4-6-13)12-9-14(17-10-12)15(19)18-7-1-2-8-18/h3-6,12,14,17H,1-2,7-10H2/t12?,14-/m0/s1. The zero-order valence-electron chi connectivity index (χ0n) is 10.9. The minimum atomic E-state index is -0.209. The number of hydrogen-bond acceptors (Lipinski definition) is 2. The molecular formula is C15H19FN2O. The summed E-state index contributed by atoms with van der Waals surface area (Å²) in [5.74, 6) is 0.346. The number of benzene rings is 1. The molecule has 2 atom stereocenters. The first-order valence-electron chi connectivity index (χ1n) is 7.01. The lowest BCUT2D eigenvalue weighted by Crippen LogP contribution is -2.42. The first-order valence-corrected chi connectivity index (χ1v) is 7.01. The third-order valence-electron chi connectivity index (χ3n) is 4.19. The maximum atomic E-state index is 12.9. The van der Waals surface area contributed by atoms with Crippen LogP contribution in [-0.4, -0.2) is 36.5 Å². The summed E-state index contributed by atoms with van der Waals surface area (Å²) in [6.45, 7) is 2.60. The molecule has 1 N–H and O–H groups in total. The van der Waals surface area contributed by atoms with Crippen LogP contribution >= 0.6 is 0 Å². The number of halogens is 1. The summed E-state index contributed by atoms with van der Waals surface area (Å²) >= 11 is 0. The lowest BCUT2D eigenvalue weighted by atomic mass is 9.96. The van der Waals surface area contributed by atoms with Gasteiger partial charge in [-0.05, 0) is 42.9 Å². The van der Waals surface area contributed by atoms with Crippen LogP contribution in [0.4, 0.5) is 4.39 Å². The van der Waals surface area contributed by atoms with Crippen LogP contribution in [0.2, 0.25) is 0 Å². The van der Waals surface area contributed by atoms with Crippen molar-refractivity contribution in [2.75, 3.05) is 19.6 Å². The van der Waals surface area contributed by atoms with Gasteiger partial charge < -0.3 is 10.2 Å². The molecule has 0 aromatic heterocycles. The molecule has 2 heterocycles. The Morgan fingerprint density at radius 1 is 1.21 bits per heavy atom. The third-order valence-corrected chi connectivity index (χ3v) is 4.19. The van der Waals surface area contributed by atoms with Crippen molar-refractivity contribution in [3.8, 4) is 0 Å². The minimum absolute atomic E-state index is 0.0619. The molecule has 2 aliphatic heterocycles. The van der Waals surface area contributed by atoms with Crippen LogP contribution in [0.1, 0.15) is 30.7 Å². The topological polar surface area (TPSA) is 32.3 Å². The number of hydrogen-bond donors (Lipinski definition) is 1. The summed E-state index contributed by atoms with van der Waals surface area (Å²) in [7, 11) is 0. The molecular weight excluding hydrogens is 243 g/mol. The monoisotopic (exact) mass is 262 g/mol.